The van der Waals surface area contributed by atoms with Gasteiger partial charge < -0.3 is 10.5 Å². The molecule has 0 aliphatic carbocycles. The maximum Gasteiger partial charge on any atom is 0.142 e. The highest BCUT2D eigenvalue weighted by Gasteiger charge is 2.05. The molecule has 18 heavy (non-hydrogen) atoms. The SMILES string of the molecule is Cc1ccc(N)c(OCc2ccc(F)cc2Br)c1. The Morgan fingerprint density at radius 2 is 2.00 bits per heavy atom. The number of ether oxygens (including phenoxy) is 1. The van der Waals surface area contributed by atoms with Crippen LogP contribution in [0.4, 0.5) is 10.1 Å². The number of anilines is 1. The highest BCUT2D eigenvalue weighted by Crippen LogP contribution is 2.25. The van der Waals surface area contributed by atoms with Crippen LogP contribution in [0.3, 0.4) is 0 Å². The first-order valence-electron chi connectivity index (χ1n) is 5.49. The van der Waals surface area contributed by atoms with Gasteiger partial charge in [0.1, 0.15) is 18.2 Å². The topological polar surface area (TPSA) is 35.2 Å². The van der Waals surface area contributed by atoms with Crippen LogP contribution in [0.25, 0.3) is 0 Å². The van der Waals surface area contributed by atoms with Crippen LogP contribution in [0.5, 0.6) is 5.75 Å². The zero-order chi connectivity index (χ0) is 13.1. The minimum atomic E-state index is -0.277. The number of hydrogen-bond acceptors (Lipinski definition) is 2. The molecule has 2 N–H and O–H groups in total. The molecule has 4 heteroatoms. The minimum absolute atomic E-state index is 0.277. The van der Waals surface area contributed by atoms with E-state index in [1.165, 1.54) is 12.1 Å². The largest absolute Gasteiger partial charge is 0.487 e. The number of hydrogen-bond donors (Lipinski definition) is 1. The summed E-state index contributed by atoms with van der Waals surface area (Å²) in [4.78, 5) is 0. The van der Waals surface area contributed by atoms with Crippen LogP contribution in [0, 0.1) is 12.7 Å². The lowest BCUT2D eigenvalue weighted by molar-refractivity contribution is 0.307. The molecule has 0 spiro atoms. The van der Waals surface area contributed by atoms with Gasteiger partial charge in [-0.3, -0.25) is 0 Å². The first kappa shape index (κ1) is 12.9. The molecule has 2 rings (SSSR count). The van der Waals surface area contributed by atoms with Crippen molar-refractivity contribution in [3.63, 3.8) is 0 Å². The second kappa shape index (κ2) is 5.40. The summed E-state index contributed by atoms with van der Waals surface area (Å²) in [6, 6.07) is 10.1. The lowest BCUT2D eigenvalue weighted by Crippen LogP contribution is -2.00. The molecule has 0 aromatic heterocycles. The Balaban J connectivity index is 2.13. The Morgan fingerprint density at radius 3 is 2.72 bits per heavy atom. The second-order valence-electron chi connectivity index (χ2n) is 4.07. The van der Waals surface area contributed by atoms with E-state index in [4.69, 9.17) is 10.5 Å². The van der Waals surface area contributed by atoms with E-state index in [2.05, 4.69) is 15.9 Å². The summed E-state index contributed by atoms with van der Waals surface area (Å²) in [7, 11) is 0. The molecule has 2 aromatic rings. The fourth-order valence-electron chi connectivity index (χ4n) is 1.56. The van der Waals surface area contributed by atoms with Crippen LogP contribution in [0.1, 0.15) is 11.1 Å². The molecule has 0 fully saturated rings. The van der Waals surface area contributed by atoms with Gasteiger partial charge in [-0.05, 0) is 36.8 Å². The number of nitrogens with two attached hydrogens (primary N) is 1. The van der Waals surface area contributed by atoms with Crippen molar-refractivity contribution in [1.82, 2.24) is 0 Å². The Kier molecular flexibility index (Phi) is 3.87. The highest BCUT2D eigenvalue weighted by atomic mass is 79.9. The van der Waals surface area contributed by atoms with Crippen LogP contribution in [-0.2, 0) is 6.61 Å². The molecule has 2 nitrogen and oxygen atoms in total. The summed E-state index contributed by atoms with van der Waals surface area (Å²) in [6.07, 6.45) is 0. The Bertz CT molecular complexity index is 572. The van der Waals surface area contributed by atoms with Gasteiger partial charge in [0.15, 0.2) is 0 Å². The van der Waals surface area contributed by atoms with Gasteiger partial charge in [0, 0.05) is 10.0 Å². The third kappa shape index (κ3) is 3.01. The number of rotatable bonds is 3. The van der Waals surface area contributed by atoms with E-state index in [9.17, 15) is 4.39 Å². The van der Waals surface area contributed by atoms with Crippen molar-refractivity contribution in [3.8, 4) is 5.75 Å². The van der Waals surface area contributed by atoms with Crippen molar-refractivity contribution in [2.75, 3.05) is 5.73 Å². The molecule has 0 heterocycles. The average Bonchev–Trinajstić information content (AvgIpc) is 2.32. The van der Waals surface area contributed by atoms with E-state index in [1.54, 1.807) is 6.07 Å². The number of nitrogen functional groups attached to an aromatic ring is 1. The first-order chi connectivity index (χ1) is 8.56. The van der Waals surface area contributed by atoms with Gasteiger partial charge in [-0.1, -0.05) is 28.1 Å². The van der Waals surface area contributed by atoms with Crippen LogP contribution < -0.4 is 10.5 Å². The fourth-order valence-corrected chi connectivity index (χ4v) is 2.03. The predicted octanol–water partition coefficient (Wildman–Crippen LogP) is 4.06. The van der Waals surface area contributed by atoms with Crippen molar-refractivity contribution in [2.24, 2.45) is 0 Å². The summed E-state index contributed by atoms with van der Waals surface area (Å²) in [5.74, 6) is 0.368. The number of halogens is 2. The Labute approximate surface area is 114 Å². The zero-order valence-corrected chi connectivity index (χ0v) is 11.5. The molecule has 0 atom stereocenters. The second-order valence-corrected chi connectivity index (χ2v) is 4.92. The molecular formula is C14H13BrFNO. The molecular weight excluding hydrogens is 297 g/mol. The van der Waals surface area contributed by atoms with Crippen LogP contribution in [0.15, 0.2) is 40.9 Å². The quantitative estimate of drug-likeness (QED) is 0.868. The average molecular weight is 310 g/mol. The third-order valence-electron chi connectivity index (χ3n) is 2.57. The third-order valence-corrected chi connectivity index (χ3v) is 3.31. The standard InChI is InChI=1S/C14H13BrFNO/c1-9-2-5-13(17)14(6-9)18-8-10-3-4-11(16)7-12(10)15/h2-7H,8,17H2,1H3. The Hall–Kier alpha value is -1.55. The Morgan fingerprint density at radius 1 is 1.22 bits per heavy atom. The highest BCUT2D eigenvalue weighted by molar-refractivity contribution is 9.10. The van der Waals surface area contributed by atoms with Crippen molar-refractivity contribution in [2.45, 2.75) is 13.5 Å². The number of aryl methyl sites for hydroxylation is 1. The van der Waals surface area contributed by atoms with Gasteiger partial charge in [-0.25, -0.2) is 4.39 Å². The molecule has 94 valence electrons. The predicted molar refractivity (Wildman–Crippen MR) is 74.0 cm³/mol. The van der Waals surface area contributed by atoms with Gasteiger partial charge in [-0.15, -0.1) is 0 Å². The molecule has 0 aliphatic rings. The molecule has 0 unspecified atom stereocenters. The maximum absolute atomic E-state index is 12.9. The summed E-state index contributed by atoms with van der Waals surface area (Å²) in [5, 5.41) is 0. The van der Waals surface area contributed by atoms with Crippen molar-refractivity contribution in [1.29, 1.82) is 0 Å². The van der Waals surface area contributed by atoms with Crippen molar-refractivity contribution >= 4 is 21.6 Å². The minimum Gasteiger partial charge on any atom is -0.487 e. The van der Waals surface area contributed by atoms with Gasteiger partial charge in [-0.2, -0.15) is 0 Å². The van der Waals surface area contributed by atoms with E-state index in [0.717, 1.165) is 11.1 Å². The van der Waals surface area contributed by atoms with Crippen molar-refractivity contribution < 1.29 is 9.13 Å². The van der Waals surface area contributed by atoms with Crippen LogP contribution in [0.2, 0.25) is 0 Å². The summed E-state index contributed by atoms with van der Waals surface area (Å²) >= 11 is 3.30. The summed E-state index contributed by atoms with van der Waals surface area (Å²) in [5.41, 5.74) is 8.37. The summed E-state index contributed by atoms with van der Waals surface area (Å²) < 4.78 is 19.3. The lowest BCUT2D eigenvalue weighted by atomic mass is 10.2. The van der Waals surface area contributed by atoms with Gasteiger partial charge in [0.25, 0.3) is 0 Å². The fraction of sp³-hybridized carbons (Fsp3) is 0.143. The van der Waals surface area contributed by atoms with E-state index in [0.29, 0.717) is 22.5 Å². The molecule has 0 saturated heterocycles. The molecule has 0 aliphatic heterocycles. The zero-order valence-electron chi connectivity index (χ0n) is 9.91. The maximum atomic E-state index is 12.9. The van der Waals surface area contributed by atoms with Crippen LogP contribution in [-0.4, -0.2) is 0 Å². The first-order valence-corrected chi connectivity index (χ1v) is 6.28. The van der Waals surface area contributed by atoms with Crippen molar-refractivity contribution in [3.05, 3.63) is 57.8 Å². The molecule has 0 amide bonds. The monoisotopic (exact) mass is 309 g/mol. The number of benzene rings is 2. The van der Waals surface area contributed by atoms with Gasteiger partial charge >= 0.3 is 0 Å². The van der Waals surface area contributed by atoms with Gasteiger partial charge in [0.05, 0.1) is 5.69 Å². The van der Waals surface area contributed by atoms with E-state index >= 15 is 0 Å². The molecule has 0 bridgehead atoms. The molecule has 0 saturated carbocycles. The van der Waals surface area contributed by atoms with Crippen LogP contribution >= 0.6 is 15.9 Å². The van der Waals surface area contributed by atoms with Gasteiger partial charge in [0.2, 0.25) is 0 Å². The molecule has 0 radical (unpaired) electrons. The van der Waals surface area contributed by atoms with E-state index in [-0.39, 0.29) is 5.82 Å². The molecule has 2 aromatic carbocycles. The van der Waals surface area contributed by atoms with E-state index in [1.807, 2.05) is 25.1 Å². The summed E-state index contributed by atoms with van der Waals surface area (Å²) in [6.45, 7) is 2.31. The van der Waals surface area contributed by atoms with E-state index < -0.39 is 0 Å². The smallest absolute Gasteiger partial charge is 0.142 e. The normalized spacial score (nSPS) is 10.4. The lowest BCUT2D eigenvalue weighted by Gasteiger charge is -2.10.